The maximum Gasteiger partial charge on any atom is 0.211 e. The molecule has 2 rings (SSSR count). The number of hydrogen-bond donors (Lipinski definition) is 0. The van der Waals surface area contributed by atoms with Crippen molar-refractivity contribution < 1.29 is 13.2 Å². The third-order valence-electron chi connectivity index (χ3n) is 3.19. The lowest BCUT2D eigenvalue weighted by atomic mass is 10.2. The first-order chi connectivity index (χ1) is 8.88. The highest BCUT2D eigenvalue weighted by Crippen LogP contribution is 2.15. The number of carbonyl (C=O) groups is 1. The van der Waals surface area contributed by atoms with Crippen molar-refractivity contribution in [3.05, 3.63) is 23.9 Å². The maximum absolute atomic E-state index is 11.4. The highest BCUT2D eigenvalue weighted by atomic mass is 32.2. The first-order valence-electron chi connectivity index (χ1n) is 6.05. The second kappa shape index (κ2) is 5.26. The zero-order valence-corrected chi connectivity index (χ0v) is 11.9. The predicted molar refractivity (Wildman–Crippen MR) is 72.9 cm³/mol. The van der Waals surface area contributed by atoms with Crippen molar-refractivity contribution in [3.63, 3.8) is 0 Å². The Bertz CT molecular complexity index is 560. The molecule has 1 aliphatic rings. The number of nitrogens with zero attached hydrogens (tertiary/aromatic N) is 3. The molecule has 19 heavy (non-hydrogen) atoms. The van der Waals surface area contributed by atoms with Crippen LogP contribution in [0.4, 0.5) is 5.82 Å². The molecule has 0 aliphatic carbocycles. The molecule has 7 heteroatoms. The lowest BCUT2D eigenvalue weighted by Crippen LogP contribution is -2.48. The predicted octanol–water partition coefficient (Wildman–Crippen LogP) is 0.366. The van der Waals surface area contributed by atoms with Crippen molar-refractivity contribution >= 4 is 21.6 Å². The Morgan fingerprint density at radius 3 is 2.26 bits per heavy atom. The van der Waals surface area contributed by atoms with Crippen molar-refractivity contribution in [3.8, 4) is 0 Å². The topological polar surface area (TPSA) is 70.6 Å². The van der Waals surface area contributed by atoms with Crippen LogP contribution in [0.3, 0.4) is 0 Å². The molecule has 1 saturated heterocycles. The van der Waals surface area contributed by atoms with Gasteiger partial charge in [0.15, 0.2) is 5.78 Å². The quantitative estimate of drug-likeness (QED) is 0.749. The SMILES string of the molecule is CC(=O)c1ccc(N2CCN(S(C)(=O)=O)CC2)nc1. The molecule has 1 fully saturated rings. The van der Waals surface area contributed by atoms with Crippen molar-refractivity contribution in [2.24, 2.45) is 0 Å². The maximum atomic E-state index is 11.4. The number of pyridine rings is 1. The van der Waals surface area contributed by atoms with Gasteiger partial charge >= 0.3 is 0 Å². The summed E-state index contributed by atoms with van der Waals surface area (Å²) in [5.74, 6) is 0.763. The molecule has 2 heterocycles. The fourth-order valence-electron chi connectivity index (χ4n) is 2.03. The van der Waals surface area contributed by atoms with E-state index in [2.05, 4.69) is 4.98 Å². The number of ketones is 1. The molecule has 0 radical (unpaired) electrons. The molecule has 6 nitrogen and oxygen atoms in total. The molecule has 0 saturated carbocycles. The standard InChI is InChI=1S/C12H17N3O3S/c1-10(16)11-3-4-12(13-9-11)14-5-7-15(8-6-14)19(2,17)18/h3-4,9H,5-8H2,1-2H3. The van der Waals surface area contributed by atoms with Crippen LogP contribution in [0.25, 0.3) is 0 Å². The normalized spacial score (nSPS) is 17.5. The zero-order chi connectivity index (χ0) is 14.0. The minimum Gasteiger partial charge on any atom is -0.354 e. The molecule has 0 aromatic carbocycles. The second-order valence-corrected chi connectivity index (χ2v) is 6.59. The van der Waals surface area contributed by atoms with E-state index in [0.29, 0.717) is 31.7 Å². The summed E-state index contributed by atoms with van der Waals surface area (Å²) in [5, 5.41) is 0. The summed E-state index contributed by atoms with van der Waals surface area (Å²) in [6.07, 6.45) is 2.78. The molecule has 0 spiro atoms. The average molecular weight is 283 g/mol. The van der Waals surface area contributed by atoms with Crippen molar-refractivity contribution in [1.82, 2.24) is 9.29 Å². The van der Waals surface area contributed by atoms with E-state index in [0.717, 1.165) is 5.82 Å². The van der Waals surface area contributed by atoms with Crippen LogP contribution in [0, 0.1) is 0 Å². The van der Waals surface area contributed by atoms with Gasteiger partial charge in [-0.1, -0.05) is 0 Å². The number of piperazine rings is 1. The highest BCUT2D eigenvalue weighted by Gasteiger charge is 2.23. The largest absolute Gasteiger partial charge is 0.354 e. The lowest BCUT2D eigenvalue weighted by Gasteiger charge is -2.33. The fourth-order valence-corrected chi connectivity index (χ4v) is 2.86. The minimum absolute atomic E-state index is 0.0130. The van der Waals surface area contributed by atoms with E-state index in [1.54, 1.807) is 18.3 Å². The summed E-state index contributed by atoms with van der Waals surface area (Å²) < 4.78 is 24.3. The zero-order valence-electron chi connectivity index (χ0n) is 11.0. The van der Waals surface area contributed by atoms with E-state index < -0.39 is 10.0 Å². The van der Waals surface area contributed by atoms with Gasteiger partial charge in [-0.15, -0.1) is 0 Å². The van der Waals surface area contributed by atoms with Crippen molar-refractivity contribution in [2.75, 3.05) is 37.3 Å². The van der Waals surface area contributed by atoms with E-state index in [1.807, 2.05) is 4.90 Å². The number of aromatic nitrogens is 1. The summed E-state index contributed by atoms with van der Waals surface area (Å²) in [7, 11) is -3.11. The van der Waals surface area contributed by atoms with Gasteiger partial charge in [0, 0.05) is 37.9 Å². The van der Waals surface area contributed by atoms with E-state index in [1.165, 1.54) is 17.5 Å². The van der Waals surface area contributed by atoms with Gasteiger partial charge < -0.3 is 4.90 Å². The number of hydrogen-bond acceptors (Lipinski definition) is 5. The van der Waals surface area contributed by atoms with E-state index in [9.17, 15) is 13.2 Å². The van der Waals surface area contributed by atoms with Crippen LogP contribution in [0.1, 0.15) is 17.3 Å². The van der Waals surface area contributed by atoms with Gasteiger partial charge in [0.2, 0.25) is 10.0 Å². The van der Waals surface area contributed by atoms with Crippen LogP contribution in [-0.4, -0.2) is 55.9 Å². The third kappa shape index (κ3) is 3.30. The van der Waals surface area contributed by atoms with Crippen molar-refractivity contribution in [2.45, 2.75) is 6.92 Å². The smallest absolute Gasteiger partial charge is 0.211 e. The van der Waals surface area contributed by atoms with Crippen LogP contribution in [0.15, 0.2) is 18.3 Å². The van der Waals surface area contributed by atoms with Gasteiger partial charge in [-0.05, 0) is 19.1 Å². The molecular weight excluding hydrogens is 266 g/mol. The molecule has 0 amide bonds. The lowest BCUT2D eigenvalue weighted by molar-refractivity contribution is 0.101. The van der Waals surface area contributed by atoms with Crippen LogP contribution in [0.5, 0.6) is 0 Å². The summed E-state index contributed by atoms with van der Waals surface area (Å²) >= 11 is 0. The molecular formula is C12H17N3O3S. The number of sulfonamides is 1. The summed E-state index contributed by atoms with van der Waals surface area (Å²) in [6, 6.07) is 3.54. The second-order valence-electron chi connectivity index (χ2n) is 4.61. The Kier molecular flexibility index (Phi) is 3.86. The number of Topliss-reactive ketones (excluding diaryl/α,β-unsaturated/α-hetero) is 1. The van der Waals surface area contributed by atoms with Gasteiger partial charge in [0.1, 0.15) is 5.82 Å². The van der Waals surface area contributed by atoms with Gasteiger partial charge in [-0.2, -0.15) is 4.31 Å². The Hall–Kier alpha value is -1.47. The van der Waals surface area contributed by atoms with Crippen LogP contribution >= 0.6 is 0 Å². The van der Waals surface area contributed by atoms with E-state index in [-0.39, 0.29) is 5.78 Å². The minimum atomic E-state index is -3.11. The Morgan fingerprint density at radius 1 is 1.21 bits per heavy atom. The van der Waals surface area contributed by atoms with Crippen LogP contribution in [-0.2, 0) is 10.0 Å². The fraction of sp³-hybridized carbons (Fsp3) is 0.500. The van der Waals surface area contributed by atoms with Crippen LogP contribution in [0.2, 0.25) is 0 Å². The highest BCUT2D eigenvalue weighted by molar-refractivity contribution is 7.88. The van der Waals surface area contributed by atoms with Gasteiger partial charge in [-0.25, -0.2) is 13.4 Å². The molecule has 1 aliphatic heterocycles. The molecule has 0 bridgehead atoms. The number of rotatable bonds is 3. The first-order valence-corrected chi connectivity index (χ1v) is 7.90. The number of anilines is 1. The monoisotopic (exact) mass is 283 g/mol. The molecule has 1 aromatic rings. The molecule has 0 N–H and O–H groups in total. The summed E-state index contributed by atoms with van der Waals surface area (Å²) in [5.41, 5.74) is 0.582. The molecule has 1 aromatic heterocycles. The summed E-state index contributed by atoms with van der Waals surface area (Å²) in [6.45, 7) is 3.66. The van der Waals surface area contributed by atoms with Gasteiger partial charge in [0.25, 0.3) is 0 Å². The third-order valence-corrected chi connectivity index (χ3v) is 4.49. The van der Waals surface area contributed by atoms with Gasteiger partial charge in [-0.3, -0.25) is 4.79 Å². The number of carbonyl (C=O) groups excluding carboxylic acids is 1. The Labute approximate surface area is 113 Å². The van der Waals surface area contributed by atoms with E-state index >= 15 is 0 Å². The average Bonchev–Trinajstić information content (AvgIpc) is 2.38. The molecule has 0 atom stereocenters. The first kappa shape index (κ1) is 14.0. The van der Waals surface area contributed by atoms with Gasteiger partial charge in [0.05, 0.1) is 6.26 Å². The molecule has 104 valence electrons. The summed E-state index contributed by atoms with van der Waals surface area (Å²) in [4.78, 5) is 17.4. The Morgan fingerprint density at radius 2 is 1.84 bits per heavy atom. The Balaban J connectivity index is 2.03. The molecule has 0 unspecified atom stereocenters. The van der Waals surface area contributed by atoms with Crippen LogP contribution < -0.4 is 4.90 Å². The van der Waals surface area contributed by atoms with E-state index in [4.69, 9.17) is 0 Å². The van der Waals surface area contributed by atoms with Crippen molar-refractivity contribution in [1.29, 1.82) is 0 Å².